The van der Waals surface area contributed by atoms with Crippen molar-refractivity contribution in [1.29, 1.82) is 0 Å². The summed E-state index contributed by atoms with van der Waals surface area (Å²) in [6, 6.07) is 17.0. The number of halogens is 2. The van der Waals surface area contributed by atoms with Gasteiger partial charge in [0.15, 0.2) is 9.84 Å². The van der Waals surface area contributed by atoms with Crippen LogP contribution in [0.1, 0.15) is 62.3 Å². The number of nitrogens with zero attached hydrogens (tertiary/aromatic N) is 1. The highest BCUT2D eigenvalue weighted by Gasteiger charge is 2.38. The number of alkyl carbamates (subject to hydrolysis) is 1. The molecule has 3 rings (SSSR count). The number of carbonyl (C=O) groups is 2. The Balaban J connectivity index is 2.01. The van der Waals surface area contributed by atoms with E-state index in [2.05, 4.69) is 5.32 Å². The Hall–Kier alpha value is -3.91. The molecule has 3 aromatic rings. The van der Waals surface area contributed by atoms with Crippen LogP contribution < -0.4 is 11.1 Å². The first-order valence-corrected chi connectivity index (χ1v) is 18.5. The van der Waals surface area contributed by atoms with Crippen molar-refractivity contribution in [3.8, 4) is 0 Å². The molecule has 13 heteroatoms. The molecular weight excluding hydrogens is 668 g/mol. The molecule has 2 amide bonds. The molecule has 1 unspecified atom stereocenters. The number of hydrogen-bond donors (Lipinski definition) is 3. The number of aliphatic hydroxyl groups excluding tert-OH is 1. The van der Waals surface area contributed by atoms with E-state index in [-0.39, 0.29) is 25.2 Å². The topological polar surface area (TPSA) is 148 Å². The smallest absolute Gasteiger partial charge is 0.408 e. The van der Waals surface area contributed by atoms with Gasteiger partial charge in [0.05, 0.1) is 29.8 Å². The number of aliphatic hydroxyl groups is 1. The van der Waals surface area contributed by atoms with Crippen LogP contribution in [0, 0.1) is 11.6 Å². The van der Waals surface area contributed by atoms with Crippen LogP contribution in [0.2, 0.25) is 0 Å². The molecule has 0 radical (unpaired) electrons. The lowest BCUT2D eigenvalue weighted by molar-refractivity contribution is -0.138. The van der Waals surface area contributed by atoms with Gasteiger partial charge < -0.3 is 30.5 Å². The van der Waals surface area contributed by atoms with Gasteiger partial charge in [-0.25, -0.2) is 22.0 Å². The van der Waals surface area contributed by atoms with Crippen molar-refractivity contribution in [3.63, 3.8) is 0 Å². The monoisotopic (exact) mass is 717 g/mol. The molecule has 0 heterocycles. The Bertz CT molecular complexity index is 1570. The summed E-state index contributed by atoms with van der Waals surface area (Å²) in [4.78, 5) is 29.0. The third-order valence-corrected chi connectivity index (χ3v) is 10.7. The second-order valence-electron chi connectivity index (χ2n) is 12.4. The van der Waals surface area contributed by atoms with Crippen LogP contribution in [0.5, 0.6) is 0 Å². The van der Waals surface area contributed by atoms with E-state index in [1.807, 2.05) is 13.8 Å². The minimum atomic E-state index is -3.94. The van der Waals surface area contributed by atoms with E-state index in [9.17, 15) is 31.9 Å². The van der Waals surface area contributed by atoms with E-state index in [0.717, 1.165) is 18.2 Å². The molecule has 0 fully saturated rings. The molecule has 3 aromatic carbocycles. The lowest BCUT2D eigenvalue weighted by Gasteiger charge is -2.37. The quantitative estimate of drug-likeness (QED) is 0.147. The number of nitrogens with one attached hydrogen (secondary N) is 1. The SMILES string of the molecule is CCCC(CCC)S(=O)(=O)C[C@@H](NC(=O)OCc1ccccc1)C(=O)N(C[C@@H](O)[C@@H](N)Cc1cc(F)cc(F)c1)C(COC)c1ccccc1. The van der Waals surface area contributed by atoms with Gasteiger partial charge in [0.1, 0.15) is 24.3 Å². The molecule has 0 bridgehead atoms. The average Bonchev–Trinajstić information content (AvgIpc) is 3.08. The van der Waals surface area contributed by atoms with Gasteiger partial charge in [0.2, 0.25) is 5.91 Å². The van der Waals surface area contributed by atoms with E-state index < -0.39 is 75.2 Å². The lowest BCUT2D eigenvalue weighted by atomic mass is 9.99. The summed E-state index contributed by atoms with van der Waals surface area (Å²) in [6.45, 7) is 3.15. The Morgan fingerprint density at radius 2 is 1.50 bits per heavy atom. The van der Waals surface area contributed by atoms with Crippen molar-refractivity contribution in [2.75, 3.05) is 26.0 Å². The summed E-state index contributed by atoms with van der Waals surface area (Å²) in [5.74, 6) is -3.14. The maximum atomic E-state index is 14.6. The minimum Gasteiger partial charge on any atom is -0.445 e. The van der Waals surface area contributed by atoms with Crippen molar-refractivity contribution in [3.05, 3.63) is 107 Å². The van der Waals surface area contributed by atoms with Gasteiger partial charge in [0, 0.05) is 25.8 Å². The van der Waals surface area contributed by atoms with Crippen LogP contribution >= 0.6 is 0 Å². The second-order valence-corrected chi connectivity index (χ2v) is 14.7. The highest BCUT2D eigenvalue weighted by molar-refractivity contribution is 7.92. The first-order chi connectivity index (χ1) is 23.9. The number of ether oxygens (including phenoxy) is 2. The molecule has 0 spiro atoms. The summed E-state index contributed by atoms with van der Waals surface area (Å²) in [7, 11) is -2.51. The summed E-state index contributed by atoms with van der Waals surface area (Å²) in [6.07, 6.45) is -0.611. The van der Waals surface area contributed by atoms with Crippen molar-refractivity contribution in [2.45, 2.75) is 82.0 Å². The van der Waals surface area contributed by atoms with Crippen molar-refractivity contribution >= 4 is 21.8 Å². The minimum absolute atomic E-state index is 0.0565. The molecule has 0 saturated carbocycles. The van der Waals surface area contributed by atoms with Gasteiger partial charge in [-0.1, -0.05) is 87.4 Å². The van der Waals surface area contributed by atoms with Crippen LogP contribution in [0.25, 0.3) is 0 Å². The Kier molecular flexibility index (Phi) is 16.3. The molecule has 274 valence electrons. The predicted octanol–water partition coefficient (Wildman–Crippen LogP) is 5.09. The van der Waals surface area contributed by atoms with Crippen molar-refractivity contribution in [2.24, 2.45) is 5.73 Å². The Morgan fingerprint density at radius 3 is 2.06 bits per heavy atom. The molecule has 10 nitrogen and oxygen atoms in total. The zero-order chi connectivity index (χ0) is 36.7. The average molecular weight is 718 g/mol. The lowest BCUT2D eigenvalue weighted by Crippen LogP contribution is -2.56. The van der Waals surface area contributed by atoms with E-state index in [4.69, 9.17) is 15.2 Å². The third-order valence-electron chi connectivity index (χ3n) is 8.37. The summed E-state index contributed by atoms with van der Waals surface area (Å²) >= 11 is 0. The summed E-state index contributed by atoms with van der Waals surface area (Å²) < 4.78 is 66.4. The fraction of sp³-hybridized carbons (Fsp3) is 0.459. The van der Waals surface area contributed by atoms with Gasteiger partial charge in [-0.05, 0) is 48.1 Å². The highest BCUT2D eigenvalue weighted by Crippen LogP contribution is 2.25. The zero-order valence-electron chi connectivity index (χ0n) is 28.8. The van der Waals surface area contributed by atoms with Gasteiger partial charge in [-0.3, -0.25) is 4.79 Å². The molecule has 0 aliphatic heterocycles. The summed E-state index contributed by atoms with van der Waals surface area (Å²) in [5, 5.41) is 13.1. The van der Waals surface area contributed by atoms with E-state index >= 15 is 0 Å². The molecule has 0 aromatic heterocycles. The first-order valence-electron chi connectivity index (χ1n) is 16.8. The normalized spacial score (nSPS) is 14.1. The van der Waals surface area contributed by atoms with Crippen LogP contribution in [0.3, 0.4) is 0 Å². The van der Waals surface area contributed by atoms with Gasteiger partial charge in [-0.15, -0.1) is 0 Å². The standard InChI is InChI=1S/C37H49F2N3O7S/c1-4-12-31(13-5-2)50(46,47)25-33(41-37(45)49-23-26-14-8-6-9-15-26)36(44)42(34(24-48-3)28-16-10-7-11-17-28)22-35(43)32(40)20-27-18-29(38)21-30(39)19-27/h6-11,14-19,21,31-35,43H,4-5,12-13,20,22-25,40H2,1-3H3,(H,41,45)/t32-,33+,34?,35+/m0/s1. The first kappa shape index (κ1) is 40.5. The van der Waals surface area contributed by atoms with E-state index in [0.29, 0.717) is 36.8 Å². The second kappa shape index (κ2) is 20.1. The third kappa shape index (κ3) is 12.4. The van der Waals surface area contributed by atoms with Gasteiger partial charge in [0.25, 0.3) is 0 Å². The highest BCUT2D eigenvalue weighted by atomic mass is 32.2. The fourth-order valence-electron chi connectivity index (χ4n) is 5.84. The molecule has 4 atom stereocenters. The Labute approximate surface area is 293 Å². The maximum absolute atomic E-state index is 14.6. The molecule has 4 N–H and O–H groups in total. The number of carbonyl (C=O) groups excluding carboxylic acids is 2. The molecule has 0 aliphatic carbocycles. The van der Waals surface area contributed by atoms with Crippen molar-refractivity contribution in [1.82, 2.24) is 10.2 Å². The number of hydrogen-bond acceptors (Lipinski definition) is 8. The van der Waals surface area contributed by atoms with Gasteiger partial charge >= 0.3 is 6.09 Å². The zero-order valence-corrected chi connectivity index (χ0v) is 29.7. The number of rotatable bonds is 20. The molecular formula is C37H49F2N3O7S. The number of sulfone groups is 1. The number of amides is 2. The van der Waals surface area contributed by atoms with Crippen LogP contribution in [0.15, 0.2) is 78.9 Å². The number of methoxy groups -OCH3 is 1. The molecule has 0 aliphatic rings. The fourth-order valence-corrected chi connectivity index (χ4v) is 7.99. The molecule has 0 saturated heterocycles. The van der Waals surface area contributed by atoms with Gasteiger partial charge in [-0.2, -0.15) is 0 Å². The van der Waals surface area contributed by atoms with E-state index in [1.165, 1.54) is 12.0 Å². The van der Waals surface area contributed by atoms with Crippen LogP contribution in [0.4, 0.5) is 13.6 Å². The van der Waals surface area contributed by atoms with Crippen molar-refractivity contribution < 1.29 is 41.4 Å². The maximum Gasteiger partial charge on any atom is 0.408 e. The van der Waals surface area contributed by atoms with Crippen LogP contribution in [-0.4, -0.2) is 79.9 Å². The van der Waals surface area contributed by atoms with Crippen LogP contribution in [-0.2, 0) is 37.1 Å². The number of benzene rings is 3. The summed E-state index contributed by atoms with van der Waals surface area (Å²) in [5.41, 5.74) is 7.82. The molecule has 50 heavy (non-hydrogen) atoms. The van der Waals surface area contributed by atoms with E-state index in [1.54, 1.807) is 60.7 Å². The number of nitrogens with two attached hydrogens (primary N) is 1. The Morgan fingerprint density at radius 1 is 0.920 bits per heavy atom. The predicted molar refractivity (Wildman–Crippen MR) is 188 cm³/mol. The largest absolute Gasteiger partial charge is 0.445 e.